The lowest BCUT2D eigenvalue weighted by atomic mass is 10.1. The molecule has 1 saturated heterocycles. The van der Waals surface area contributed by atoms with Gasteiger partial charge in [0.2, 0.25) is 5.91 Å². The number of alkyl halides is 2. The van der Waals surface area contributed by atoms with Crippen molar-refractivity contribution in [1.82, 2.24) is 19.7 Å². The minimum atomic E-state index is -2.96. The molecule has 0 bridgehead atoms. The molecule has 2 aromatic rings. The fourth-order valence-electron chi connectivity index (χ4n) is 3.84. The summed E-state index contributed by atoms with van der Waals surface area (Å²) in [5.74, 6) is -1.31. The van der Waals surface area contributed by atoms with Crippen LogP contribution in [0, 0.1) is 5.92 Å². The van der Waals surface area contributed by atoms with Crippen LogP contribution in [0.3, 0.4) is 0 Å². The molecule has 1 aliphatic heterocycles. The maximum absolute atomic E-state index is 14.3. The third kappa shape index (κ3) is 4.18. The monoisotopic (exact) mass is 406 g/mol. The van der Waals surface area contributed by atoms with E-state index in [9.17, 15) is 13.6 Å². The third-order valence-electron chi connectivity index (χ3n) is 5.51. The number of benzene rings is 1. The molecule has 1 aromatic heterocycles. The third-order valence-corrected chi connectivity index (χ3v) is 5.51. The molecule has 7 nitrogen and oxygen atoms in total. The number of hydrogen-bond acceptors (Lipinski definition) is 5. The molecule has 1 aromatic carbocycles. The Kier molecular flexibility index (Phi) is 5.14. The van der Waals surface area contributed by atoms with Crippen molar-refractivity contribution in [3.63, 3.8) is 0 Å². The minimum absolute atomic E-state index is 0.0658. The van der Waals surface area contributed by atoms with Crippen molar-refractivity contribution in [1.29, 1.82) is 0 Å². The van der Waals surface area contributed by atoms with E-state index in [0.717, 1.165) is 12.8 Å². The van der Waals surface area contributed by atoms with E-state index in [1.54, 1.807) is 24.5 Å². The SMILES string of the molecule is COc1ccc(OC)c(CC(=O)N2CC(F)(F)C[C@H]2c2nncn2CC2CC2)c1. The van der Waals surface area contributed by atoms with E-state index in [-0.39, 0.29) is 6.42 Å². The van der Waals surface area contributed by atoms with Crippen molar-refractivity contribution in [3.05, 3.63) is 35.9 Å². The minimum Gasteiger partial charge on any atom is -0.497 e. The maximum atomic E-state index is 14.3. The number of hydrogen-bond donors (Lipinski definition) is 0. The van der Waals surface area contributed by atoms with Crippen LogP contribution in [0.15, 0.2) is 24.5 Å². The Morgan fingerprint density at radius 1 is 1.28 bits per heavy atom. The molecule has 2 fully saturated rings. The van der Waals surface area contributed by atoms with E-state index in [4.69, 9.17) is 9.47 Å². The van der Waals surface area contributed by atoms with Gasteiger partial charge in [-0.25, -0.2) is 8.78 Å². The molecule has 0 N–H and O–H groups in total. The van der Waals surface area contributed by atoms with E-state index in [1.165, 1.54) is 19.1 Å². The first-order valence-electron chi connectivity index (χ1n) is 9.66. The van der Waals surface area contributed by atoms with E-state index in [2.05, 4.69) is 10.2 Å². The normalized spacial score (nSPS) is 20.7. The zero-order valence-electron chi connectivity index (χ0n) is 16.5. The average Bonchev–Trinajstić information content (AvgIpc) is 3.28. The van der Waals surface area contributed by atoms with Crippen LogP contribution in [-0.4, -0.2) is 52.3 Å². The van der Waals surface area contributed by atoms with Crippen LogP contribution in [0.1, 0.15) is 36.7 Å². The summed E-state index contributed by atoms with van der Waals surface area (Å²) in [6, 6.07) is 4.31. The van der Waals surface area contributed by atoms with E-state index in [1.807, 2.05) is 4.57 Å². The largest absolute Gasteiger partial charge is 0.497 e. The summed E-state index contributed by atoms with van der Waals surface area (Å²) in [5, 5.41) is 8.00. The van der Waals surface area contributed by atoms with Gasteiger partial charge in [-0.15, -0.1) is 10.2 Å². The molecule has 1 aliphatic carbocycles. The lowest BCUT2D eigenvalue weighted by Gasteiger charge is -2.24. The van der Waals surface area contributed by atoms with Crippen molar-refractivity contribution in [2.24, 2.45) is 5.92 Å². The molecule has 1 saturated carbocycles. The predicted molar refractivity (Wildman–Crippen MR) is 100 cm³/mol. The van der Waals surface area contributed by atoms with Gasteiger partial charge in [0, 0.05) is 18.5 Å². The van der Waals surface area contributed by atoms with Gasteiger partial charge in [-0.2, -0.15) is 0 Å². The Labute approximate surface area is 167 Å². The first-order chi connectivity index (χ1) is 13.9. The molecule has 9 heteroatoms. The number of ether oxygens (including phenoxy) is 2. The van der Waals surface area contributed by atoms with Gasteiger partial charge in [0.1, 0.15) is 17.8 Å². The summed E-state index contributed by atoms with van der Waals surface area (Å²) in [5.41, 5.74) is 0.588. The molecule has 2 heterocycles. The highest BCUT2D eigenvalue weighted by Gasteiger charge is 2.49. The predicted octanol–water partition coefficient (Wildman–Crippen LogP) is 2.86. The Hall–Kier alpha value is -2.71. The number of methoxy groups -OCH3 is 2. The van der Waals surface area contributed by atoms with Crippen LogP contribution < -0.4 is 9.47 Å². The summed E-state index contributed by atoms with van der Waals surface area (Å²) in [4.78, 5) is 14.3. The zero-order chi connectivity index (χ0) is 20.6. The lowest BCUT2D eigenvalue weighted by Crippen LogP contribution is -2.35. The topological polar surface area (TPSA) is 69.5 Å². The van der Waals surface area contributed by atoms with Crippen LogP contribution in [0.25, 0.3) is 0 Å². The Morgan fingerprint density at radius 2 is 2.07 bits per heavy atom. The highest BCUT2D eigenvalue weighted by Crippen LogP contribution is 2.41. The fourth-order valence-corrected chi connectivity index (χ4v) is 3.84. The molecule has 29 heavy (non-hydrogen) atoms. The molecule has 1 amide bonds. The van der Waals surface area contributed by atoms with Gasteiger partial charge in [-0.1, -0.05) is 0 Å². The number of amides is 1. The zero-order valence-corrected chi connectivity index (χ0v) is 16.5. The van der Waals surface area contributed by atoms with Gasteiger partial charge in [-0.3, -0.25) is 4.79 Å². The number of carbonyl (C=O) groups excluding carboxylic acids is 1. The average molecular weight is 406 g/mol. The maximum Gasteiger partial charge on any atom is 0.267 e. The molecule has 2 aliphatic rings. The summed E-state index contributed by atoms with van der Waals surface area (Å²) >= 11 is 0. The summed E-state index contributed by atoms with van der Waals surface area (Å²) in [6.07, 6.45) is 3.30. The fraction of sp³-hybridized carbons (Fsp3) is 0.550. The molecule has 1 atom stereocenters. The van der Waals surface area contributed by atoms with Crippen molar-refractivity contribution in [2.45, 2.75) is 44.2 Å². The van der Waals surface area contributed by atoms with Crippen molar-refractivity contribution in [3.8, 4) is 11.5 Å². The van der Waals surface area contributed by atoms with Gasteiger partial charge in [0.25, 0.3) is 5.92 Å². The van der Waals surface area contributed by atoms with Crippen LogP contribution >= 0.6 is 0 Å². The van der Waals surface area contributed by atoms with Gasteiger partial charge in [0.05, 0.1) is 33.2 Å². The first kappa shape index (κ1) is 19.6. The number of likely N-dealkylation sites (tertiary alicyclic amines) is 1. The van der Waals surface area contributed by atoms with E-state index < -0.39 is 30.8 Å². The molecule has 0 unspecified atom stereocenters. The van der Waals surface area contributed by atoms with E-state index >= 15 is 0 Å². The number of aromatic nitrogens is 3. The molecular weight excluding hydrogens is 382 g/mol. The molecule has 156 valence electrons. The van der Waals surface area contributed by atoms with Crippen LogP contribution in [0.2, 0.25) is 0 Å². The number of carbonyl (C=O) groups is 1. The Morgan fingerprint density at radius 3 is 2.76 bits per heavy atom. The first-order valence-corrected chi connectivity index (χ1v) is 9.66. The van der Waals surface area contributed by atoms with Gasteiger partial charge in [-0.05, 0) is 37.0 Å². The second-order valence-electron chi connectivity index (χ2n) is 7.74. The smallest absolute Gasteiger partial charge is 0.267 e. The number of rotatable bonds is 7. The van der Waals surface area contributed by atoms with E-state index in [0.29, 0.717) is 35.3 Å². The quantitative estimate of drug-likeness (QED) is 0.707. The Bertz CT molecular complexity index is 898. The van der Waals surface area contributed by atoms with Gasteiger partial charge in [0.15, 0.2) is 5.82 Å². The summed E-state index contributed by atoms with van der Waals surface area (Å²) in [7, 11) is 3.03. The second kappa shape index (κ2) is 7.61. The number of halogens is 2. The Balaban J connectivity index is 1.58. The van der Waals surface area contributed by atoms with Gasteiger partial charge < -0.3 is 18.9 Å². The van der Waals surface area contributed by atoms with Crippen LogP contribution in [0.5, 0.6) is 11.5 Å². The standard InChI is InChI=1S/C20H24F2N4O3/c1-28-15-5-6-17(29-2)14(7-15)8-18(27)26-11-20(21,22)9-16(26)19-24-23-12-25(19)10-13-3-4-13/h5-7,12-13,16H,3-4,8-11H2,1-2H3/t16-/m0/s1. The second-order valence-corrected chi connectivity index (χ2v) is 7.74. The summed E-state index contributed by atoms with van der Waals surface area (Å²) < 4.78 is 41.0. The number of nitrogens with zero attached hydrogens (tertiary/aromatic N) is 4. The molecular formula is C20H24F2N4O3. The van der Waals surface area contributed by atoms with Crippen molar-refractivity contribution < 1.29 is 23.0 Å². The molecule has 0 spiro atoms. The van der Waals surface area contributed by atoms with Crippen molar-refractivity contribution >= 4 is 5.91 Å². The lowest BCUT2D eigenvalue weighted by molar-refractivity contribution is -0.132. The van der Waals surface area contributed by atoms with Crippen LogP contribution in [0.4, 0.5) is 8.78 Å². The summed E-state index contributed by atoms with van der Waals surface area (Å²) in [6.45, 7) is 0.0786. The molecule has 4 rings (SSSR count). The highest BCUT2D eigenvalue weighted by molar-refractivity contribution is 5.80. The van der Waals surface area contributed by atoms with Crippen LogP contribution in [-0.2, 0) is 17.8 Å². The highest BCUT2D eigenvalue weighted by atomic mass is 19.3. The molecule has 0 radical (unpaired) electrons. The van der Waals surface area contributed by atoms with Crippen molar-refractivity contribution in [2.75, 3.05) is 20.8 Å². The van der Waals surface area contributed by atoms with Gasteiger partial charge >= 0.3 is 0 Å².